The van der Waals surface area contributed by atoms with Crippen molar-refractivity contribution >= 4 is 17.5 Å². The molecule has 3 rings (SSSR count). The summed E-state index contributed by atoms with van der Waals surface area (Å²) in [5, 5.41) is 9.83. The van der Waals surface area contributed by atoms with Crippen LogP contribution in [0.4, 0.5) is 4.39 Å². The summed E-state index contributed by atoms with van der Waals surface area (Å²) in [5.74, 6) is -0.701. The van der Waals surface area contributed by atoms with Crippen LogP contribution in [0.15, 0.2) is 18.2 Å². The number of aliphatic hydroxyl groups is 1. The number of likely N-dealkylation sites (tertiary alicyclic amines) is 2. The molecule has 0 radical (unpaired) electrons. The van der Waals surface area contributed by atoms with Crippen molar-refractivity contribution in [1.29, 1.82) is 0 Å². The van der Waals surface area contributed by atoms with Crippen LogP contribution in [-0.4, -0.2) is 59.1 Å². The van der Waals surface area contributed by atoms with Crippen molar-refractivity contribution in [3.05, 3.63) is 34.6 Å². The zero-order chi connectivity index (χ0) is 16.4. The fourth-order valence-electron chi connectivity index (χ4n) is 3.56. The maximum absolute atomic E-state index is 13.5. The Labute approximate surface area is 140 Å². The molecule has 2 heterocycles. The van der Waals surface area contributed by atoms with E-state index in [0.717, 1.165) is 38.8 Å². The summed E-state index contributed by atoms with van der Waals surface area (Å²) in [7, 11) is 0. The molecular weight excluding hydrogens is 319 g/mol. The Bertz CT molecular complexity index is 576. The average Bonchev–Trinajstić information content (AvgIpc) is 2.57. The van der Waals surface area contributed by atoms with Crippen LogP contribution in [0.5, 0.6) is 0 Å². The molecule has 0 bridgehead atoms. The van der Waals surface area contributed by atoms with E-state index in [0.29, 0.717) is 24.7 Å². The highest BCUT2D eigenvalue weighted by molar-refractivity contribution is 6.30. The number of amides is 1. The predicted octanol–water partition coefficient (Wildman–Crippen LogP) is 2.54. The van der Waals surface area contributed by atoms with Gasteiger partial charge in [0.15, 0.2) is 0 Å². The molecule has 2 saturated heterocycles. The normalized spacial score (nSPS) is 24.0. The molecule has 2 aliphatic heterocycles. The van der Waals surface area contributed by atoms with Gasteiger partial charge in [0.1, 0.15) is 5.82 Å². The molecule has 1 aromatic carbocycles. The van der Waals surface area contributed by atoms with Crippen molar-refractivity contribution in [3.63, 3.8) is 0 Å². The molecule has 1 aromatic rings. The van der Waals surface area contributed by atoms with Gasteiger partial charge in [-0.3, -0.25) is 9.69 Å². The predicted molar refractivity (Wildman–Crippen MR) is 87.1 cm³/mol. The van der Waals surface area contributed by atoms with Gasteiger partial charge in [0.2, 0.25) is 0 Å². The maximum Gasteiger partial charge on any atom is 0.253 e. The van der Waals surface area contributed by atoms with Gasteiger partial charge in [-0.2, -0.15) is 0 Å². The SMILES string of the molecule is O=C(c1ccc(Cl)c(F)c1)N1CCC(N2CCC[C@H](O)C2)CC1. The molecule has 126 valence electrons. The first-order valence-electron chi connectivity index (χ1n) is 8.21. The van der Waals surface area contributed by atoms with Gasteiger partial charge in [-0.25, -0.2) is 4.39 Å². The minimum atomic E-state index is -0.560. The van der Waals surface area contributed by atoms with Crippen LogP contribution in [0.2, 0.25) is 5.02 Å². The third kappa shape index (κ3) is 3.84. The van der Waals surface area contributed by atoms with E-state index in [4.69, 9.17) is 11.6 Å². The zero-order valence-electron chi connectivity index (χ0n) is 13.0. The minimum Gasteiger partial charge on any atom is -0.392 e. The number of carbonyl (C=O) groups excluding carboxylic acids is 1. The number of rotatable bonds is 2. The van der Waals surface area contributed by atoms with E-state index in [1.54, 1.807) is 11.0 Å². The lowest BCUT2D eigenvalue weighted by Crippen LogP contribution is -2.50. The summed E-state index contributed by atoms with van der Waals surface area (Å²) in [5.41, 5.74) is 0.346. The number of halogens is 2. The van der Waals surface area contributed by atoms with Gasteiger partial charge in [0.05, 0.1) is 11.1 Å². The second-order valence-corrected chi connectivity index (χ2v) is 6.85. The summed E-state index contributed by atoms with van der Waals surface area (Å²) < 4.78 is 13.5. The second kappa shape index (κ2) is 7.16. The Morgan fingerprint density at radius 3 is 2.61 bits per heavy atom. The zero-order valence-corrected chi connectivity index (χ0v) is 13.8. The Morgan fingerprint density at radius 1 is 1.22 bits per heavy atom. The van der Waals surface area contributed by atoms with E-state index in [1.165, 1.54) is 12.1 Å². The highest BCUT2D eigenvalue weighted by atomic mass is 35.5. The lowest BCUT2D eigenvalue weighted by molar-refractivity contribution is 0.0240. The molecule has 6 heteroatoms. The molecule has 0 spiro atoms. The van der Waals surface area contributed by atoms with E-state index in [-0.39, 0.29) is 17.0 Å². The second-order valence-electron chi connectivity index (χ2n) is 6.44. The molecular formula is C17H22ClFN2O2. The van der Waals surface area contributed by atoms with E-state index < -0.39 is 5.82 Å². The van der Waals surface area contributed by atoms with Crippen LogP contribution >= 0.6 is 11.6 Å². The minimum absolute atomic E-state index is 0.0314. The Balaban J connectivity index is 1.57. The molecule has 1 N–H and O–H groups in total. The molecule has 2 aliphatic rings. The van der Waals surface area contributed by atoms with Gasteiger partial charge in [-0.1, -0.05) is 11.6 Å². The van der Waals surface area contributed by atoms with Crippen LogP contribution in [-0.2, 0) is 0 Å². The maximum atomic E-state index is 13.5. The van der Waals surface area contributed by atoms with Crippen LogP contribution in [0.25, 0.3) is 0 Å². The summed E-state index contributed by atoms with van der Waals surface area (Å²) in [6.45, 7) is 3.10. The molecule has 0 aromatic heterocycles. The number of carbonyl (C=O) groups is 1. The van der Waals surface area contributed by atoms with Crippen molar-refractivity contribution < 1.29 is 14.3 Å². The van der Waals surface area contributed by atoms with Crippen molar-refractivity contribution in [2.75, 3.05) is 26.2 Å². The molecule has 0 saturated carbocycles. The standard InChI is InChI=1S/C17H22ClFN2O2/c18-15-4-3-12(10-16(15)19)17(23)20-8-5-13(6-9-20)21-7-1-2-14(22)11-21/h3-4,10,13-14,22H,1-2,5-9,11H2/t14-/m0/s1. The fraction of sp³-hybridized carbons (Fsp3) is 0.588. The quantitative estimate of drug-likeness (QED) is 0.899. The van der Waals surface area contributed by atoms with Gasteiger partial charge in [-0.15, -0.1) is 0 Å². The number of hydrogen-bond donors (Lipinski definition) is 1. The largest absolute Gasteiger partial charge is 0.392 e. The first-order valence-corrected chi connectivity index (χ1v) is 8.59. The number of piperidine rings is 2. The van der Waals surface area contributed by atoms with Gasteiger partial charge >= 0.3 is 0 Å². The third-order valence-electron chi connectivity index (χ3n) is 4.86. The highest BCUT2D eigenvalue weighted by Gasteiger charge is 2.30. The monoisotopic (exact) mass is 340 g/mol. The molecule has 4 nitrogen and oxygen atoms in total. The number of nitrogens with zero attached hydrogens (tertiary/aromatic N) is 2. The summed E-state index contributed by atoms with van der Waals surface area (Å²) in [4.78, 5) is 16.6. The topological polar surface area (TPSA) is 43.8 Å². The average molecular weight is 341 g/mol. The van der Waals surface area contributed by atoms with Gasteiger partial charge < -0.3 is 10.0 Å². The van der Waals surface area contributed by atoms with Crippen LogP contribution in [0.3, 0.4) is 0 Å². The molecule has 0 aliphatic carbocycles. The third-order valence-corrected chi connectivity index (χ3v) is 5.17. The van der Waals surface area contributed by atoms with Crippen LogP contribution in [0, 0.1) is 5.82 Å². The molecule has 23 heavy (non-hydrogen) atoms. The van der Waals surface area contributed by atoms with Crippen LogP contribution < -0.4 is 0 Å². The van der Waals surface area contributed by atoms with E-state index in [1.807, 2.05) is 0 Å². The van der Waals surface area contributed by atoms with Crippen LogP contribution in [0.1, 0.15) is 36.0 Å². The van der Waals surface area contributed by atoms with Gasteiger partial charge in [-0.05, 0) is 50.4 Å². The number of benzene rings is 1. The lowest BCUT2D eigenvalue weighted by Gasteiger charge is -2.41. The van der Waals surface area contributed by atoms with E-state index in [2.05, 4.69) is 4.90 Å². The first kappa shape index (κ1) is 16.7. The summed E-state index contributed by atoms with van der Waals surface area (Å²) >= 11 is 5.66. The Morgan fingerprint density at radius 2 is 1.96 bits per heavy atom. The fourth-order valence-corrected chi connectivity index (χ4v) is 3.68. The number of hydrogen-bond acceptors (Lipinski definition) is 3. The number of aliphatic hydroxyl groups excluding tert-OH is 1. The molecule has 1 atom stereocenters. The summed E-state index contributed by atoms with van der Waals surface area (Å²) in [6.07, 6.45) is 3.49. The molecule has 0 unspecified atom stereocenters. The van der Waals surface area contributed by atoms with Gasteiger partial charge in [0, 0.05) is 31.2 Å². The van der Waals surface area contributed by atoms with Crippen molar-refractivity contribution in [3.8, 4) is 0 Å². The first-order chi connectivity index (χ1) is 11.0. The molecule has 2 fully saturated rings. The highest BCUT2D eigenvalue weighted by Crippen LogP contribution is 2.23. The lowest BCUT2D eigenvalue weighted by atomic mass is 9.98. The van der Waals surface area contributed by atoms with E-state index in [9.17, 15) is 14.3 Å². The van der Waals surface area contributed by atoms with Crippen molar-refractivity contribution in [1.82, 2.24) is 9.80 Å². The smallest absolute Gasteiger partial charge is 0.253 e. The Kier molecular flexibility index (Phi) is 5.19. The van der Waals surface area contributed by atoms with Crippen molar-refractivity contribution in [2.24, 2.45) is 0 Å². The van der Waals surface area contributed by atoms with Crippen molar-refractivity contribution in [2.45, 2.75) is 37.8 Å². The number of β-amino-alcohol motifs (C(OH)–C–C–N with tert-alkyl or cyclic N) is 1. The summed E-state index contributed by atoms with van der Waals surface area (Å²) in [6, 6.07) is 4.63. The van der Waals surface area contributed by atoms with Gasteiger partial charge in [0.25, 0.3) is 5.91 Å². The van der Waals surface area contributed by atoms with E-state index >= 15 is 0 Å². The Hall–Kier alpha value is -1.17. The molecule has 1 amide bonds.